The first-order chi connectivity index (χ1) is 8.92. The van der Waals surface area contributed by atoms with Crippen molar-refractivity contribution in [3.8, 4) is 0 Å². The van der Waals surface area contributed by atoms with Gasteiger partial charge in [-0.2, -0.15) is 0 Å². The van der Waals surface area contributed by atoms with Crippen molar-refractivity contribution < 1.29 is 8.42 Å². The molecule has 0 aliphatic heterocycles. The Balaban J connectivity index is 2.19. The van der Waals surface area contributed by atoms with E-state index in [1.807, 2.05) is 13.0 Å². The summed E-state index contributed by atoms with van der Waals surface area (Å²) in [6.07, 6.45) is 2.96. The molecule has 1 saturated carbocycles. The summed E-state index contributed by atoms with van der Waals surface area (Å²) in [4.78, 5) is 0.365. The zero-order valence-corrected chi connectivity index (χ0v) is 12.3. The Labute approximate surface area is 115 Å². The standard InChI is InChI=1S/C14H22N2O2S/c1-10-3-5-13(7-10)16-19(17,18)14-6-4-12(9-15)8-11(14)2/h4,6,8,10,13,16H,3,5,7,9,15H2,1-2H3. The van der Waals surface area contributed by atoms with E-state index in [4.69, 9.17) is 5.73 Å². The SMILES string of the molecule is Cc1cc(CN)ccc1S(=O)(=O)NC1CCC(C)C1. The van der Waals surface area contributed by atoms with Gasteiger partial charge in [-0.3, -0.25) is 0 Å². The van der Waals surface area contributed by atoms with Crippen LogP contribution in [0.2, 0.25) is 0 Å². The molecule has 0 bridgehead atoms. The summed E-state index contributed by atoms with van der Waals surface area (Å²) in [6.45, 7) is 4.40. The molecular weight excluding hydrogens is 260 g/mol. The second-order valence-corrected chi connectivity index (χ2v) is 7.22. The van der Waals surface area contributed by atoms with Gasteiger partial charge in [0.25, 0.3) is 0 Å². The highest BCUT2D eigenvalue weighted by molar-refractivity contribution is 7.89. The molecule has 1 aliphatic carbocycles. The van der Waals surface area contributed by atoms with Crippen molar-refractivity contribution in [2.45, 2.75) is 50.6 Å². The molecule has 2 atom stereocenters. The van der Waals surface area contributed by atoms with Gasteiger partial charge in [0.05, 0.1) is 4.90 Å². The van der Waals surface area contributed by atoms with Crippen LogP contribution >= 0.6 is 0 Å². The number of sulfonamides is 1. The Kier molecular flexibility index (Phi) is 4.28. The number of nitrogens with two attached hydrogens (primary N) is 1. The summed E-state index contributed by atoms with van der Waals surface area (Å²) in [7, 11) is -3.41. The first-order valence-electron chi connectivity index (χ1n) is 6.74. The number of hydrogen-bond acceptors (Lipinski definition) is 3. The van der Waals surface area contributed by atoms with Crippen molar-refractivity contribution in [3.63, 3.8) is 0 Å². The number of hydrogen-bond donors (Lipinski definition) is 2. The van der Waals surface area contributed by atoms with Crippen LogP contribution in [0.3, 0.4) is 0 Å². The van der Waals surface area contributed by atoms with Gasteiger partial charge in [-0.1, -0.05) is 19.1 Å². The number of benzene rings is 1. The summed E-state index contributed by atoms with van der Waals surface area (Å²) >= 11 is 0. The maximum absolute atomic E-state index is 12.4. The molecule has 1 fully saturated rings. The minimum Gasteiger partial charge on any atom is -0.326 e. The van der Waals surface area contributed by atoms with Crippen molar-refractivity contribution in [2.24, 2.45) is 11.7 Å². The van der Waals surface area contributed by atoms with E-state index < -0.39 is 10.0 Å². The van der Waals surface area contributed by atoms with Gasteiger partial charge in [0.1, 0.15) is 0 Å². The van der Waals surface area contributed by atoms with Crippen LogP contribution in [0.15, 0.2) is 23.1 Å². The van der Waals surface area contributed by atoms with Crippen LogP contribution in [0.1, 0.15) is 37.3 Å². The molecular formula is C14H22N2O2S. The average molecular weight is 282 g/mol. The third kappa shape index (κ3) is 3.35. The maximum Gasteiger partial charge on any atom is 0.241 e. The van der Waals surface area contributed by atoms with E-state index in [2.05, 4.69) is 11.6 Å². The molecule has 0 saturated heterocycles. The topological polar surface area (TPSA) is 72.2 Å². The second-order valence-electron chi connectivity index (χ2n) is 5.54. The lowest BCUT2D eigenvalue weighted by Crippen LogP contribution is -2.33. The van der Waals surface area contributed by atoms with Crippen LogP contribution in [-0.2, 0) is 16.6 Å². The molecule has 0 radical (unpaired) electrons. The van der Waals surface area contributed by atoms with Crippen LogP contribution in [0.5, 0.6) is 0 Å². The van der Waals surface area contributed by atoms with E-state index in [0.717, 1.165) is 30.4 Å². The quantitative estimate of drug-likeness (QED) is 0.886. The third-order valence-electron chi connectivity index (χ3n) is 3.78. The molecule has 1 aromatic carbocycles. The predicted octanol–water partition coefficient (Wildman–Crippen LogP) is 1.92. The van der Waals surface area contributed by atoms with Crippen molar-refractivity contribution in [2.75, 3.05) is 0 Å². The molecule has 1 aliphatic rings. The smallest absolute Gasteiger partial charge is 0.241 e. The van der Waals surface area contributed by atoms with Crippen LogP contribution in [0, 0.1) is 12.8 Å². The van der Waals surface area contributed by atoms with E-state index in [0.29, 0.717) is 17.4 Å². The van der Waals surface area contributed by atoms with E-state index in [-0.39, 0.29) is 6.04 Å². The molecule has 5 heteroatoms. The van der Waals surface area contributed by atoms with E-state index >= 15 is 0 Å². The van der Waals surface area contributed by atoms with Crippen molar-refractivity contribution >= 4 is 10.0 Å². The highest BCUT2D eigenvalue weighted by atomic mass is 32.2. The van der Waals surface area contributed by atoms with Crippen molar-refractivity contribution in [1.82, 2.24) is 4.72 Å². The normalized spacial score (nSPS) is 23.7. The van der Waals surface area contributed by atoms with Gasteiger partial charge in [0.15, 0.2) is 0 Å². The predicted molar refractivity (Wildman–Crippen MR) is 76.2 cm³/mol. The van der Waals surface area contributed by atoms with Crippen LogP contribution in [0.4, 0.5) is 0 Å². The zero-order valence-electron chi connectivity index (χ0n) is 11.5. The summed E-state index contributed by atoms with van der Waals surface area (Å²) in [5, 5.41) is 0. The molecule has 1 aromatic rings. The van der Waals surface area contributed by atoms with Gasteiger partial charge in [0, 0.05) is 12.6 Å². The largest absolute Gasteiger partial charge is 0.326 e. The lowest BCUT2D eigenvalue weighted by molar-refractivity contribution is 0.538. The third-order valence-corrected chi connectivity index (χ3v) is 5.46. The first-order valence-corrected chi connectivity index (χ1v) is 8.22. The summed E-state index contributed by atoms with van der Waals surface area (Å²) < 4.78 is 27.6. The van der Waals surface area contributed by atoms with Crippen molar-refractivity contribution in [1.29, 1.82) is 0 Å². The molecule has 2 rings (SSSR count). The van der Waals surface area contributed by atoms with Crippen LogP contribution in [-0.4, -0.2) is 14.5 Å². The lowest BCUT2D eigenvalue weighted by Gasteiger charge is -2.15. The fourth-order valence-corrected chi connectivity index (χ4v) is 4.25. The molecule has 0 aromatic heterocycles. The van der Waals surface area contributed by atoms with Crippen LogP contribution in [0.25, 0.3) is 0 Å². The Morgan fingerprint density at radius 3 is 2.63 bits per heavy atom. The number of aryl methyl sites for hydroxylation is 1. The van der Waals surface area contributed by atoms with E-state index in [1.54, 1.807) is 12.1 Å². The monoisotopic (exact) mass is 282 g/mol. The fourth-order valence-electron chi connectivity index (χ4n) is 2.74. The Bertz CT molecular complexity index is 555. The Morgan fingerprint density at radius 1 is 1.37 bits per heavy atom. The first kappa shape index (κ1) is 14.5. The van der Waals surface area contributed by atoms with Gasteiger partial charge in [-0.25, -0.2) is 13.1 Å². The van der Waals surface area contributed by atoms with Gasteiger partial charge < -0.3 is 5.73 Å². The average Bonchev–Trinajstić information content (AvgIpc) is 2.73. The molecule has 3 N–H and O–H groups in total. The molecule has 106 valence electrons. The second kappa shape index (κ2) is 5.61. The molecule has 0 spiro atoms. The van der Waals surface area contributed by atoms with Gasteiger partial charge in [0.2, 0.25) is 10.0 Å². The molecule has 2 unspecified atom stereocenters. The number of nitrogens with one attached hydrogen (secondary N) is 1. The number of rotatable bonds is 4. The van der Waals surface area contributed by atoms with E-state index in [9.17, 15) is 8.42 Å². The van der Waals surface area contributed by atoms with Crippen LogP contribution < -0.4 is 10.5 Å². The Hall–Kier alpha value is -0.910. The van der Waals surface area contributed by atoms with Gasteiger partial charge >= 0.3 is 0 Å². The summed E-state index contributed by atoms with van der Waals surface area (Å²) in [5.41, 5.74) is 7.26. The Morgan fingerprint density at radius 2 is 2.11 bits per heavy atom. The minimum atomic E-state index is -3.41. The highest BCUT2D eigenvalue weighted by Gasteiger charge is 2.27. The molecule has 19 heavy (non-hydrogen) atoms. The van der Waals surface area contributed by atoms with E-state index in [1.165, 1.54) is 0 Å². The van der Waals surface area contributed by atoms with Gasteiger partial charge in [-0.05, 0) is 49.3 Å². The summed E-state index contributed by atoms with van der Waals surface area (Å²) in [5.74, 6) is 0.605. The van der Waals surface area contributed by atoms with Gasteiger partial charge in [-0.15, -0.1) is 0 Å². The maximum atomic E-state index is 12.4. The molecule has 4 nitrogen and oxygen atoms in total. The minimum absolute atomic E-state index is 0.0774. The molecule has 0 amide bonds. The summed E-state index contributed by atoms with van der Waals surface area (Å²) in [6, 6.07) is 5.34. The highest BCUT2D eigenvalue weighted by Crippen LogP contribution is 2.26. The fraction of sp³-hybridized carbons (Fsp3) is 0.571. The zero-order chi connectivity index (χ0) is 14.0. The molecule has 0 heterocycles. The van der Waals surface area contributed by atoms with Crippen molar-refractivity contribution in [3.05, 3.63) is 29.3 Å². The lowest BCUT2D eigenvalue weighted by atomic mass is 10.1.